The molecule has 0 aromatic heterocycles. The monoisotopic (exact) mass is 209 g/mol. The summed E-state index contributed by atoms with van der Waals surface area (Å²) in [6.45, 7) is 0. The van der Waals surface area contributed by atoms with E-state index < -0.39 is 24.1 Å². The molecule has 0 aliphatic heterocycles. The van der Waals surface area contributed by atoms with E-state index in [0.29, 0.717) is 0 Å². The Morgan fingerprint density at radius 1 is 1.50 bits per heavy atom. The lowest BCUT2D eigenvalue weighted by Gasteiger charge is -2.26. The van der Waals surface area contributed by atoms with E-state index in [9.17, 15) is 18.0 Å². The van der Waals surface area contributed by atoms with Gasteiger partial charge in [0.2, 0.25) is 5.54 Å². The fraction of sp³-hybridized carbons (Fsp3) is 0.625. The number of alkyl halides is 3. The third kappa shape index (κ3) is 2.64. The Bertz CT molecular complexity index is 256. The summed E-state index contributed by atoms with van der Waals surface area (Å²) in [6, 6.07) is 0. The van der Waals surface area contributed by atoms with Gasteiger partial charge in [0.15, 0.2) is 0 Å². The molecule has 14 heavy (non-hydrogen) atoms. The van der Waals surface area contributed by atoms with Crippen LogP contribution in [0.5, 0.6) is 0 Å². The summed E-state index contributed by atoms with van der Waals surface area (Å²) >= 11 is 0. The summed E-state index contributed by atoms with van der Waals surface area (Å²) in [5.74, 6) is 0.0334. The molecule has 6 heteroatoms. The van der Waals surface area contributed by atoms with Crippen molar-refractivity contribution in [1.82, 2.24) is 0 Å². The van der Waals surface area contributed by atoms with E-state index in [1.807, 2.05) is 0 Å². The third-order valence-corrected chi connectivity index (χ3v) is 1.78. The molecule has 0 fully saturated rings. The summed E-state index contributed by atoms with van der Waals surface area (Å²) in [5.41, 5.74) is 1.57. The molecule has 0 saturated heterocycles. The zero-order valence-corrected chi connectivity index (χ0v) is 7.27. The van der Waals surface area contributed by atoms with Gasteiger partial charge < -0.3 is 10.8 Å². The van der Waals surface area contributed by atoms with Crippen LogP contribution in [-0.2, 0) is 4.79 Å². The lowest BCUT2D eigenvalue weighted by Crippen LogP contribution is -2.59. The van der Waals surface area contributed by atoms with E-state index in [0.717, 1.165) is 0 Å². The fourth-order valence-corrected chi connectivity index (χ4v) is 0.839. The van der Waals surface area contributed by atoms with Crippen LogP contribution in [0.2, 0.25) is 0 Å². The van der Waals surface area contributed by atoms with Gasteiger partial charge in [0.05, 0.1) is 0 Å². The van der Waals surface area contributed by atoms with E-state index in [1.54, 1.807) is 0 Å². The van der Waals surface area contributed by atoms with Crippen molar-refractivity contribution in [2.75, 3.05) is 0 Å². The van der Waals surface area contributed by atoms with Crippen LogP contribution in [0.3, 0.4) is 0 Å². The topological polar surface area (TPSA) is 63.3 Å². The first kappa shape index (κ1) is 12.8. The molecule has 0 aromatic carbocycles. The Balaban J connectivity index is 4.60. The van der Waals surface area contributed by atoms with Gasteiger partial charge in [0.1, 0.15) is 0 Å². The normalized spacial score (nSPS) is 15.6. The van der Waals surface area contributed by atoms with Crippen LogP contribution in [0, 0.1) is 12.3 Å². The standard InChI is InChI=1S/C8H10F3NO2/c1-2-3-4-5-7(12,6(13)14)8(9,10)11/h1H,3-5,12H2,(H,13,14). The summed E-state index contributed by atoms with van der Waals surface area (Å²) in [4.78, 5) is 10.4. The van der Waals surface area contributed by atoms with Crippen molar-refractivity contribution in [3.63, 3.8) is 0 Å². The summed E-state index contributed by atoms with van der Waals surface area (Å²) < 4.78 is 36.7. The van der Waals surface area contributed by atoms with Crippen molar-refractivity contribution < 1.29 is 23.1 Å². The molecule has 0 aromatic rings. The molecule has 80 valence electrons. The number of nitrogens with two attached hydrogens (primary N) is 1. The molecule has 0 rings (SSSR count). The second kappa shape index (κ2) is 4.33. The van der Waals surface area contributed by atoms with Crippen molar-refractivity contribution in [3.8, 4) is 12.3 Å². The summed E-state index contributed by atoms with van der Waals surface area (Å²) in [6.07, 6.45) is -0.852. The molecule has 3 N–H and O–H groups in total. The Morgan fingerprint density at radius 2 is 2.00 bits per heavy atom. The number of unbranched alkanes of at least 4 members (excludes halogenated alkanes) is 1. The van der Waals surface area contributed by atoms with Crippen LogP contribution >= 0.6 is 0 Å². The molecular formula is C8H10F3NO2. The van der Waals surface area contributed by atoms with Crippen molar-refractivity contribution >= 4 is 5.97 Å². The minimum Gasteiger partial charge on any atom is -0.480 e. The number of terminal acetylenes is 1. The van der Waals surface area contributed by atoms with E-state index in [1.165, 1.54) is 0 Å². The van der Waals surface area contributed by atoms with Gasteiger partial charge in [0, 0.05) is 6.42 Å². The molecule has 0 aliphatic rings. The number of carbonyl (C=O) groups is 1. The van der Waals surface area contributed by atoms with Gasteiger partial charge >= 0.3 is 12.1 Å². The number of halogens is 3. The first-order valence-corrected chi connectivity index (χ1v) is 3.78. The lowest BCUT2D eigenvalue weighted by atomic mass is 9.93. The molecular weight excluding hydrogens is 199 g/mol. The first-order chi connectivity index (χ1) is 6.25. The molecule has 3 nitrogen and oxygen atoms in total. The fourth-order valence-electron chi connectivity index (χ4n) is 0.839. The molecule has 1 unspecified atom stereocenters. The average molecular weight is 209 g/mol. The Labute approximate surface area is 79.1 Å². The predicted octanol–water partition coefficient (Wildman–Crippen LogP) is 1.13. The molecule has 0 heterocycles. The molecule has 0 spiro atoms. The van der Waals surface area contributed by atoms with E-state index in [2.05, 4.69) is 5.92 Å². The van der Waals surface area contributed by atoms with Gasteiger partial charge in [-0.15, -0.1) is 12.3 Å². The molecule has 0 aliphatic carbocycles. The Kier molecular flexibility index (Phi) is 3.95. The predicted molar refractivity (Wildman–Crippen MR) is 43.3 cm³/mol. The van der Waals surface area contributed by atoms with Crippen LogP contribution in [0.15, 0.2) is 0 Å². The van der Waals surface area contributed by atoms with Gasteiger partial charge in [0.25, 0.3) is 0 Å². The number of hydrogen-bond donors (Lipinski definition) is 2. The Morgan fingerprint density at radius 3 is 2.29 bits per heavy atom. The maximum absolute atomic E-state index is 12.2. The highest BCUT2D eigenvalue weighted by Crippen LogP contribution is 2.32. The van der Waals surface area contributed by atoms with Crippen molar-refractivity contribution in [3.05, 3.63) is 0 Å². The molecule has 0 radical (unpaired) electrons. The van der Waals surface area contributed by atoms with Crippen LogP contribution in [0.25, 0.3) is 0 Å². The van der Waals surface area contributed by atoms with E-state index in [-0.39, 0.29) is 12.8 Å². The van der Waals surface area contributed by atoms with Gasteiger partial charge in [-0.3, -0.25) is 0 Å². The maximum Gasteiger partial charge on any atom is 0.417 e. The minimum absolute atomic E-state index is 0.0706. The number of hydrogen-bond acceptors (Lipinski definition) is 2. The SMILES string of the molecule is C#CCCCC(N)(C(=O)O)C(F)(F)F. The van der Waals surface area contributed by atoms with Crippen molar-refractivity contribution in [2.24, 2.45) is 5.73 Å². The van der Waals surface area contributed by atoms with Crippen LogP contribution in [0.4, 0.5) is 13.2 Å². The van der Waals surface area contributed by atoms with Gasteiger partial charge in [-0.2, -0.15) is 13.2 Å². The van der Waals surface area contributed by atoms with Crippen molar-refractivity contribution in [1.29, 1.82) is 0 Å². The molecule has 0 amide bonds. The second-order valence-corrected chi connectivity index (χ2v) is 2.83. The van der Waals surface area contributed by atoms with Gasteiger partial charge in [-0.1, -0.05) is 0 Å². The molecule has 1 atom stereocenters. The molecule has 0 bridgehead atoms. The van der Waals surface area contributed by atoms with Crippen LogP contribution in [-0.4, -0.2) is 22.8 Å². The minimum atomic E-state index is -4.96. The number of rotatable bonds is 4. The highest BCUT2D eigenvalue weighted by Gasteiger charge is 2.57. The molecule has 0 saturated carbocycles. The highest BCUT2D eigenvalue weighted by atomic mass is 19.4. The highest BCUT2D eigenvalue weighted by molar-refractivity contribution is 5.79. The number of carboxylic acid groups (broad SMARTS) is 1. The quantitative estimate of drug-likeness (QED) is 0.539. The Hall–Kier alpha value is -1.22. The zero-order chi connectivity index (χ0) is 11.4. The van der Waals surface area contributed by atoms with Gasteiger partial charge in [-0.25, -0.2) is 4.79 Å². The van der Waals surface area contributed by atoms with Crippen LogP contribution in [0.1, 0.15) is 19.3 Å². The smallest absolute Gasteiger partial charge is 0.417 e. The van der Waals surface area contributed by atoms with Crippen LogP contribution < -0.4 is 5.73 Å². The van der Waals surface area contributed by atoms with E-state index in [4.69, 9.17) is 17.3 Å². The van der Waals surface area contributed by atoms with E-state index >= 15 is 0 Å². The summed E-state index contributed by atoms with van der Waals surface area (Å²) in [5, 5.41) is 8.37. The summed E-state index contributed by atoms with van der Waals surface area (Å²) in [7, 11) is 0. The first-order valence-electron chi connectivity index (χ1n) is 3.78. The maximum atomic E-state index is 12.2. The second-order valence-electron chi connectivity index (χ2n) is 2.83. The largest absolute Gasteiger partial charge is 0.480 e. The lowest BCUT2D eigenvalue weighted by molar-refractivity contribution is -0.203. The number of aliphatic carboxylic acids is 1. The van der Waals surface area contributed by atoms with Gasteiger partial charge in [-0.05, 0) is 12.8 Å². The average Bonchev–Trinajstić information content (AvgIpc) is 2.02. The zero-order valence-electron chi connectivity index (χ0n) is 7.27. The number of carboxylic acids is 1. The third-order valence-electron chi connectivity index (χ3n) is 1.78. The van der Waals surface area contributed by atoms with Crippen molar-refractivity contribution in [2.45, 2.75) is 31.0 Å².